The van der Waals surface area contributed by atoms with Gasteiger partial charge in [0.25, 0.3) is 11.6 Å². The van der Waals surface area contributed by atoms with E-state index >= 15 is 0 Å². The number of nitrogens with zero attached hydrogens (tertiary/aromatic N) is 4. The number of para-hydroxylation sites is 1. The molecule has 3 rings (SSSR count). The molecule has 0 saturated carbocycles. The molecule has 8 heteroatoms. The fourth-order valence-electron chi connectivity index (χ4n) is 2.96. The van der Waals surface area contributed by atoms with Gasteiger partial charge in [0.05, 0.1) is 4.92 Å². The average molecular weight is 344 g/mol. The Bertz CT molecular complexity index is 778. The minimum absolute atomic E-state index is 0.120. The lowest BCUT2D eigenvalue weighted by Crippen LogP contribution is -2.38. The molecule has 25 heavy (non-hydrogen) atoms. The smallest absolute Gasteiger partial charge is 0.282 e. The molecule has 1 aromatic carbocycles. The number of hydrogen-bond donors (Lipinski definition) is 0. The van der Waals surface area contributed by atoms with Crippen LogP contribution >= 0.6 is 0 Å². The minimum atomic E-state index is -0.522. The predicted octanol–water partition coefficient (Wildman–Crippen LogP) is 3.12. The van der Waals surface area contributed by atoms with Crippen LogP contribution in [-0.4, -0.2) is 39.0 Å². The van der Waals surface area contributed by atoms with Gasteiger partial charge in [0.15, 0.2) is 0 Å². The van der Waals surface area contributed by atoms with Crippen LogP contribution in [0.2, 0.25) is 0 Å². The fourth-order valence-corrected chi connectivity index (χ4v) is 2.96. The highest BCUT2D eigenvalue weighted by Gasteiger charge is 2.30. The molecule has 0 atom stereocenters. The third-order valence-corrected chi connectivity index (χ3v) is 4.41. The molecule has 0 aliphatic carbocycles. The lowest BCUT2D eigenvalue weighted by molar-refractivity contribution is -0.385. The number of hydrogen-bond acceptors (Lipinski definition) is 6. The van der Waals surface area contributed by atoms with E-state index in [0.717, 1.165) is 0 Å². The largest absolute Gasteiger partial charge is 0.425 e. The zero-order valence-corrected chi connectivity index (χ0v) is 14.2. The molecule has 1 saturated heterocycles. The van der Waals surface area contributed by atoms with E-state index in [1.54, 1.807) is 17.0 Å². The van der Waals surface area contributed by atoms with Gasteiger partial charge in [-0.3, -0.25) is 14.9 Å². The van der Waals surface area contributed by atoms with Crippen LogP contribution in [0, 0.1) is 10.1 Å². The second-order valence-electron chi connectivity index (χ2n) is 6.47. The van der Waals surface area contributed by atoms with Crippen molar-refractivity contribution >= 4 is 11.6 Å². The third kappa shape index (κ3) is 3.52. The van der Waals surface area contributed by atoms with Crippen molar-refractivity contribution in [1.82, 2.24) is 15.1 Å². The predicted molar refractivity (Wildman–Crippen MR) is 89.4 cm³/mol. The minimum Gasteiger partial charge on any atom is -0.425 e. The standard InChI is InChI=1S/C17H20N4O4/c1-11(2)15-18-19-16(25-15)12-7-9-20(10-8-12)17(22)13-5-3-4-6-14(13)21(23)24/h3-6,11-12H,7-10H2,1-2H3. The normalized spacial score (nSPS) is 15.6. The first kappa shape index (κ1) is 17.1. The Labute approximate surface area is 145 Å². The highest BCUT2D eigenvalue weighted by atomic mass is 16.6. The van der Waals surface area contributed by atoms with E-state index in [2.05, 4.69) is 10.2 Å². The number of carbonyl (C=O) groups excluding carboxylic acids is 1. The summed E-state index contributed by atoms with van der Waals surface area (Å²) in [7, 11) is 0. The van der Waals surface area contributed by atoms with Gasteiger partial charge >= 0.3 is 0 Å². The van der Waals surface area contributed by atoms with Gasteiger partial charge < -0.3 is 9.32 Å². The van der Waals surface area contributed by atoms with Gasteiger partial charge in [0.1, 0.15) is 5.56 Å². The number of benzene rings is 1. The maximum absolute atomic E-state index is 12.6. The Kier molecular flexibility index (Phi) is 4.78. The van der Waals surface area contributed by atoms with E-state index in [-0.39, 0.29) is 29.0 Å². The molecule has 1 aliphatic heterocycles. The topological polar surface area (TPSA) is 102 Å². The van der Waals surface area contributed by atoms with Crippen molar-refractivity contribution in [3.8, 4) is 0 Å². The highest BCUT2D eigenvalue weighted by molar-refractivity contribution is 5.98. The van der Waals surface area contributed by atoms with Gasteiger partial charge in [-0.05, 0) is 18.9 Å². The second kappa shape index (κ2) is 7.00. The molecule has 2 aromatic rings. The number of likely N-dealkylation sites (tertiary alicyclic amines) is 1. The number of rotatable bonds is 4. The lowest BCUT2D eigenvalue weighted by atomic mass is 9.96. The monoisotopic (exact) mass is 344 g/mol. The van der Waals surface area contributed by atoms with Gasteiger partial charge in [0.2, 0.25) is 11.8 Å². The Balaban J connectivity index is 1.68. The number of amides is 1. The zero-order chi connectivity index (χ0) is 18.0. The van der Waals surface area contributed by atoms with Crippen molar-refractivity contribution in [3.05, 3.63) is 51.7 Å². The van der Waals surface area contributed by atoms with Crippen LogP contribution in [0.1, 0.15) is 60.7 Å². The summed E-state index contributed by atoms with van der Waals surface area (Å²) in [5.41, 5.74) is -0.0288. The van der Waals surface area contributed by atoms with Crippen molar-refractivity contribution in [1.29, 1.82) is 0 Å². The quantitative estimate of drug-likeness (QED) is 0.623. The first-order chi connectivity index (χ1) is 12.0. The Hall–Kier alpha value is -2.77. The summed E-state index contributed by atoms with van der Waals surface area (Å²) in [6.07, 6.45) is 1.40. The highest BCUT2D eigenvalue weighted by Crippen LogP contribution is 2.30. The molecule has 0 spiro atoms. The van der Waals surface area contributed by atoms with Gasteiger partial charge in [-0.25, -0.2) is 0 Å². The van der Waals surface area contributed by atoms with Gasteiger partial charge in [0, 0.05) is 31.0 Å². The van der Waals surface area contributed by atoms with E-state index in [9.17, 15) is 14.9 Å². The van der Waals surface area contributed by atoms with E-state index in [1.807, 2.05) is 13.8 Å². The van der Waals surface area contributed by atoms with Gasteiger partial charge in [-0.2, -0.15) is 0 Å². The van der Waals surface area contributed by atoms with E-state index in [1.165, 1.54) is 12.1 Å². The molecule has 0 bridgehead atoms. The van der Waals surface area contributed by atoms with Crippen molar-refractivity contribution in [2.75, 3.05) is 13.1 Å². The number of aromatic nitrogens is 2. The first-order valence-corrected chi connectivity index (χ1v) is 8.33. The van der Waals surface area contributed by atoms with E-state index in [4.69, 9.17) is 4.42 Å². The number of carbonyl (C=O) groups is 1. The van der Waals surface area contributed by atoms with Crippen molar-refractivity contribution < 1.29 is 14.1 Å². The Morgan fingerprint density at radius 3 is 2.56 bits per heavy atom. The van der Waals surface area contributed by atoms with Crippen LogP contribution in [0.5, 0.6) is 0 Å². The lowest BCUT2D eigenvalue weighted by Gasteiger charge is -2.30. The van der Waals surface area contributed by atoms with E-state index in [0.29, 0.717) is 37.7 Å². The number of nitro groups is 1. The molecule has 1 amide bonds. The summed E-state index contributed by atoms with van der Waals surface area (Å²) in [6.45, 7) is 5.00. The summed E-state index contributed by atoms with van der Waals surface area (Å²) in [5, 5.41) is 19.3. The van der Waals surface area contributed by atoms with Crippen LogP contribution in [0.15, 0.2) is 28.7 Å². The van der Waals surface area contributed by atoms with Crippen molar-refractivity contribution in [2.45, 2.75) is 38.5 Å². The summed E-state index contributed by atoms with van der Waals surface area (Å²) in [5.74, 6) is 1.23. The molecular formula is C17H20N4O4. The zero-order valence-electron chi connectivity index (χ0n) is 14.2. The second-order valence-corrected chi connectivity index (χ2v) is 6.47. The van der Waals surface area contributed by atoms with Gasteiger partial charge in [-0.15, -0.1) is 10.2 Å². The van der Waals surface area contributed by atoms with Gasteiger partial charge in [-0.1, -0.05) is 26.0 Å². The maximum atomic E-state index is 12.6. The van der Waals surface area contributed by atoms with Crippen LogP contribution in [0.3, 0.4) is 0 Å². The summed E-state index contributed by atoms with van der Waals surface area (Å²) >= 11 is 0. The Morgan fingerprint density at radius 2 is 1.96 bits per heavy atom. The van der Waals surface area contributed by atoms with Crippen molar-refractivity contribution in [3.63, 3.8) is 0 Å². The van der Waals surface area contributed by atoms with Crippen molar-refractivity contribution in [2.24, 2.45) is 0 Å². The molecule has 2 heterocycles. The summed E-state index contributed by atoms with van der Waals surface area (Å²) in [4.78, 5) is 24.9. The van der Waals surface area contributed by atoms with Crippen LogP contribution in [0.4, 0.5) is 5.69 Å². The SMILES string of the molecule is CC(C)c1nnc(C2CCN(C(=O)c3ccccc3[N+](=O)[O-])CC2)o1. The van der Waals surface area contributed by atoms with Crippen LogP contribution < -0.4 is 0 Å². The fraction of sp³-hybridized carbons (Fsp3) is 0.471. The number of nitro benzene ring substituents is 1. The Morgan fingerprint density at radius 1 is 1.28 bits per heavy atom. The molecule has 1 aliphatic rings. The maximum Gasteiger partial charge on any atom is 0.282 e. The molecule has 0 N–H and O–H groups in total. The van der Waals surface area contributed by atoms with Crippen LogP contribution in [0.25, 0.3) is 0 Å². The molecule has 0 radical (unpaired) electrons. The molecular weight excluding hydrogens is 324 g/mol. The molecule has 132 valence electrons. The first-order valence-electron chi connectivity index (χ1n) is 8.33. The number of piperidine rings is 1. The molecule has 1 fully saturated rings. The summed E-state index contributed by atoms with van der Waals surface area (Å²) in [6, 6.07) is 6.05. The third-order valence-electron chi connectivity index (χ3n) is 4.41. The van der Waals surface area contributed by atoms with E-state index < -0.39 is 4.92 Å². The molecule has 8 nitrogen and oxygen atoms in total. The average Bonchev–Trinajstić information content (AvgIpc) is 3.11. The van der Waals surface area contributed by atoms with Crippen LogP contribution in [-0.2, 0) is 0 Å². The molecule has 0 unspecified atom stereocenters. The summed E-state index contributed by atoms with van der Waals surface area (Å²) < 4.78 is 5.70. The molecule has 1 aromatic heterocycles.